The van der Waals surface area contributed by atoms with E-state index in [-0.39, 0.29) is 0 Å². The molecule has 2 unspecified atom stereocenters. The van der Waals surface area contributed by atoms with Crippen LogP contribution in [0.4, 0.5) is 0 Å². The van der Waals surface area contributed by atoms with Gasteiger partial charge in [0.25, 0.3) is 0 Å². The van der Waals surface area contributed by atoms with E-state index >= 15 is 0 Å². The molecule has 0 aromatic rings. The molecule has 24 heavy (non-hydrogen) atoms. The quantitative estimate of drug-likeness (QED) is 0.231. The first-order chi connectivity index (χ1) is 11.8. The SMILES string of the molecule is C(COCCCOCC1CO1)COCC1CO1.CO[SiH](OC)OC. The lowest BCUT2D eigenvalue weighted by molar-refractivity contribution is 0.0570. The number of rotatable bonds is 15. The summed E-state index contributed by atoms with van der Waals surface area (Å²) < 4.78 is 40.5. The molecule has 2 saturated heterocycles. The molecule has 2 heterocycles. The van der Waals surface area contributed by atoms with Gasteiger partial charge >= 0.3 is 9.53 Å². The Morgan fingerprint density at radius 1 is 0.708 bits per heavy atom. The minimum Gasteiger partial charge on any atom is -0.381 e. The summed E-state index contributed by atoms with van der Waals surface area (Å²) in [6.07, 6.45) is 2.62. The van der Waals surface area contributed by atoms with Crippen LogP contribution >= 0.6 is 0 Å². The summed E-state index contributed by atoms with van der Waals surface area (Å²) in [5.74, 6) is 0. The van der Waals surface area contributed by atoms with Gasteiger partial charge in [-0.2, -0.15) is 0 Å². The highest BCUT2D eigenvalue weighted by atomic mass is 28.3. The molecule has 9 heteroatoms. The van der Waals surface area contributed by atoms with Crippen molar-refractivity contribution in [3.05, 3.63) is 0 Å². The lowest BCUT2D eigenvalue weighted by Crippen LogP contribution is -2.21. The van der Waals surface area contributed by atoms with E-state index in [1.807, 2.05) is 0 Å². The van der Waals surface area contributed by atoms with Gasteiger partial charge in [0, 0.05) is 47.8 Å². The molecule has 0 amide bonds. The molecular formula is C15H32O8Si. The number of hydrogen-bond acceptors (Lipinski definition) is 8. The molecule has 0 aromatic carbocycles. The molecule has 2 rings (SSSR count). The van der Waals surface area contributed by atoms with E-state index in [2.05, 4.69) is 0 Å². The van der Waals surface area contributed by atoms with Crippen LogP contribution in [0.25, 0.3) is 0 Å². The first kappa shape index (κ1) is 21.9. The second-order valence-corrected chi connectivity index (χ2v) is 7.37. The van der Waals surface area contributed by atoms with Gasteiger partial charge in [-0.3, -0.25) is 0 Å². The Labute approximate surface area is 146 Å². The number of epoxide rings is 2. The van der Waals surface area contributed by atoms with Crippen LogP contribution in [0.1, 0.15) is 12.8 Å². The van der Waals surface area contributed by atoms with Crippen LogP contribution in [0.2, 0.25) is 0 Å². The van der Waals surface area contributed by atoms with Crippen LogP contribution in [0.5, 0.6) is 0 Å². The summed E-state index contributed by atoms with van der Waals surface area (Å²) in [7, 11) is 3.05. The monoisotopic (exact) mass is 368 g/mol. The fourth-order valence-corrected chi connectivity index (χ4v) is 2.25. The van der Waals surface area contributed by atoms with E-state index < -0.39 is 9.53 Å². The molecule has 8 nitrogen and oxygen atoms in total. The Morgan fingerprint density at radius 3 is 1.38 bits per heavy atom. The second-order valence-electron chi connectivity index (χ2n) is 5.38. The minimum absolute atomic E-state index is 0.364. The normalized spacial score (nSPS) is 21.5. The molecular weight excluding hydrogens is 336 g/mol. The summed E-state index contributed by atoms with van der Waals surface area (Å²) in [4.78, 5) is 0. The predicted octanol–water partition coefficient (Wildman–Crippen LogP) is 0.257. The van der Waals surface area contributed by atoms with Crippen molar-refractivity contribution < 1.29 is 37.0 Å². The van der Waals surface area contributed by atoms with Crippen LogP contribution in [0.3, 0.4) is 0 Å². The molecule has 2 aliphatic heterocycles. The van der Waals surface area contributed by atoms with E-state index in [1.54, 1.807) is 21.3 Å². The van der Waals surface area contributed by atoms with Gasteiger partial charge < -0.3 is 37.0 Å². The van der Waals surface area contributed by atoms with Gasteiger partial charge in [0.1, 0.15) is 12.2 Å². The van der Waals surface area contributed by atoms with Crippen LogP contribution in [-0.4, -0.2) is 95.9 Å². The first-order valence-electron chi connectivity index (χ1n) is 8.35. The molecule has 2 aliphatic rings. The topological polar surface area (TPSA) is 80.4 Å². The molecule has 2 atom stereocenters. The fraction of sp³-hybridized carbons (Fsp3) is 1.00. The second kappa shape index (κ2) is 15.2. The van der Waals surface area contributed by atoms with Gasteiger partial charge in [-0.25, -0.2) is 0 Å². The zero-order chi connectivity index (χ0) is 17.5. The molecule has 0 radical (unpaired) electrons. The van der Waals surface area contributed by atoms with E-state index in [9.17, 15) is 0 Å². The number of hydrogen-bond donors (Lipinski definition) is 0. The predicted molar refractivity (Wildman–Crippen MR) is 89.3 cm³/mol. The van der Waals surface area contributed by atoms with Gasteiger partial charge in [0.05, 0.1) is 26.4 Å². The highest BCUT2D eigenvalue weighted by Crippen LogP contribution is 2.09. The maximum atomic E-state index is 5.46. The average molecular weight is 368 g/mol. The van der Waals surface area contributed by atoms with Gasteiger partial charge in [-0.1, -0.05) is 0 Å². The standard InChI is InChI=1S/C12H22O5.C3H10O3Si/c1(5-14-7-11-9-16-11)3-13-4-2-6-15-8-12-10-17-12;1-4-7(5-2)6-3/h11-12H,1-10H2;7H,1-3H3. The molecule has 0 bridgehead atoms. The molecule has 0 aliphatic carbocycles. The van der Waals surface area contributed by atoms with Gasteiger partial charge in [-0.05, 0) is 12.8 Å². The lowest BCUT2D eigenvalue weighted by atomic mass is 10.4. The van der Waals surface area contributed by atoms with E-state index in [4.69, 9.17) is 37.0 Å². The Kier molecular flexibility index (Phi) is 13.9. The maximum Gasteiger partial charge on any atom is 0.483 e. The molecule has 0 N–H and O–H groups in total. The van der Waals surface area contributed by atoms with Crippen LogP contribution in [0, 0.1) is 0 Å². The van der Waals surface area contributed by atoms with Crippen molar-refractivity contribution >= 4 is 9.53 Å². The van der Waals surface area contributed by atoms with Crippen LogP contribution in [0.15, 0.2) is 0 Å². The van der Waals surface area contributed by atoms with Crippen LogP contribution in [-0.2, 0) is 37.0 Å². The van der Waals surface area contributed by atoms with Crippen LogP contribution < -0.4 is 0 Å². The molecule has 0 spiro atoms. The molecule has 2 fully saturated rings. The lowest BCUT2D eigenvalue weighted by Gasteiger charge is -2.05. The maximum absolute atomic E-state index is 5.46. The summed E-state index contributed by atoms with van der Waals surface area (Å²) in [5.41, 5.74) is 0. The molecule has 0 aromatic heterocycles. The minimum atomic E-state index is -1.67. The average Bonchev–Trinajstić information content (AvgIpc) is 3.49. The zero-order valence-corrected chi connectivity index (χ0v) is 16.2. The van der Waals surface area contributed by atoms with Gasteiger partial charge in [-0.15, -0.1) is 0 Å². The van der Waals surface area contributed by atoms with Crippen molar-refractivity contribution in [3.63, 3.8) is 0 Å². The molecule has 0 saturated carbocycles. The summed E-state index contributed by atoms with van der Waals surface area (Å²) in [6, 6.07) is 0. The van der Waals surface area contributed by atoms with Crippen molar-refractivity contribution in [2.45, 2.75) is 25.0 Å². The Bertz CT molecular complexity index is 247. The summed E-state index contributed by atoms with van der Waals surface area (Å²) in [6.45, 7) is 6.23. The zero-order valence-electron chi connectivity index (χ0n) is 15.1. The third kappa shape index (κ3) is 14.3. The van der Waals surface area contributed by atoms with Gasteiger partial charge in [0.15, 0.2) is 0 Å². The third-order valence-electron chi connectivity index (χ3n) is 3.14. The third-order valence-corrected chi connectivity index (χ3v) is 4.30. The fourth-order valence-electron chi connectivity index (χ4n) is 1.67. The van der Waals surface area contributed by atoms with E-state index in [0.717, 1.165) is 65.7 Å². The summed E-state index contributed by atoms with van der Waals surface area (Å²) >= 11 is 0. The van der Waals surface area contributed by atoms with Crippen molar-refractivity contribution in [2.75, 3.05) is 74.2 Å². The van der Waals surface area contributed by atoms with Crippen molar-refractivity contribution in [3.8, 4) is 0 Å². The summed E-state index contributed by atoms with van der Waals surface area (Å²) in [5, 5.41) is 0. The Hall–Kier alpha value is -0.103. The largest absolute Gasteiger partial charge is 0.483 e. The van der Waals surface area contributed by atoms with Gasteiger partial charge in [0.2, 0.25) is 0 Å². The Morgan fingerprint density at radius 2 is 1.08 bits per heavy atom. The smallest absolute Gasteiger partial charge is 0.381 e. The van der Waals surface area contributed by atoms with Crippen molar-refractivity contribution in [1.82, 2.24) is 0 Å². The molecule has 144 valence electrons. The first-order valence-corrected chi connectivity index (χ1v) is 9.76. The van der Waals surface area contributed by atoms with E-state index in [0.29, 0.717) is 12.2 Å². The van der Waals surface area contributed by atoms with Crippen molar-refractivity contribution in [1.29, 1.82) is 0 Å². The highest BCUT2D eigenvalue weighted by molar-refractivity contribution is 6.36. The van der Waals surface area contributed by atoms with E-state index in [1.165, 1.54) is 0 Å². The highest BCUT2D eigenvalue weighted by Gasteiger charge is 2.22. The Balaban J connectivity index is 0.000000351. The van der Waals surface area contributed by atoms with Crippen molar-refractivity contribution in [2.24, 2.45) is 0 Å². The number of ether oxygens (including phenoxy) is 5.